The molecule has 0 aromatic heterocycles. The van der Waals surface area contributed by atoms with Gasteiger partial charge in [0.2, 0.25) is 59.1 Å². The van der Waals surface area contributed by atoms with Gasteiger partial charge >= 0.3 is 6.03 Å². The van der Waals surface area contributed by atoms with Crippen molar-refractivity contribution in [3.63, 3.8) is 0 Å². The molecule has 0 radical (unpaired) electrons. The Morgan fingerprint density at radius 3 is 1.36 bits per heavy atom. The number of thioether (sulfide) groups is 1. The molecule has 1 fully saturated rings. The molecule has 0 bridgehead atoms. The Morgan fingerprint density at radius 1 is 0.446 bits per heavy atom. The highest BCUT2D eigenvalue weighted by atomic mass is 32.2. The van der Waals surface area contributed by atoms with Crippen LogP contribution >= 0.6 is 11.8 Å². The number of imide groups is 1. The average molecular weight is 1320 g/mol. The summed E-state index contributed by atoms with van der Waals surface area (Å²) in [6.45, 7) is 27.6. The number of amides is 12. The first kappa shape index (κ1) is 84.5. The van der Waals surface area contributed by atoms with Gasteiger partial charge in [0, 0.05) is 61.7 Å². The number of nitrogens with one attached hydrogen (secondary N) is 4. The lowest BCUT2D eigenvalue weighted by molar-refractivity contribution is -0.154. The molecular formula is C67H124N12O12S. The van der Waals surface area contributed by atoms with Crippen molar-refractivity contribution in [2.45, 2.75) is 248 Å². The van der Waals surface area contributed by atoms with E-state index < -0.39 is 137 Å². The molecule has 0 aromatic rings. The third kappa shape index (κ3) is 26.0. The van der Waals surface area contributed by atoms with E-state index in [2.05, 4.69) is 21.3 Å². The van der Waals surface area contributed by atoms with E-state index in [1.54, 1.807) is 34.6 Å². The van der Waals surface area contributed by atoms with Crippen LogP contribution in [-0.4, -0.2) is 239 Å². The second-order valence-electron chi connectivity index (χ2n) is 28.2. The summed E-state index contributed by atoms with van der Waals surface area (Å²) >= 11 is 1.39. The first-order chi connectivity index (χ1) is 42.8. The van der Waals surface area contributed by atoms with Crippen LogP contribution in [0.15, 0.2) is 0 Å². The van der Waals surface area contributed by atoms with E-state index in [-0.39, 0.29) is 80.5 Å². The van der Waals surface area contributed by atoms with Gasteiger partial charge in [0.05, 0.1) is 0 Å². The number of nitrogens with zero attached hydrogens (tertiary/aromatic N) is 7. The molecule has 1 aliphatic rings. The lowest BCUT2D eigenvalue weighted by Crippen LogP contribution is -2.62. The quantitative estimate of drug-likeness (QED) is 0.0631. The van der Waals surface area contributed by atoms with Gasteiger partial charge in [0.25, 0.3) is 0 Å². The topological polar surface area (TPSA) is 305 Å². The van der Waals surface area contributed by atoms with E-state index in [0.717, 1.165) is 30.6 Å². The third-order valence-corrected chi connectivity index (χ3v) is 18.7. The summed E-state index contributed by atoms with van der Waals surface area (Å²) in [6.07, 6.45) is 6.22. The summed E-state index contributed by atoms with van der Waals surface area (Å²) in [4.78, 5) is 172. The van der Waals surface area contributed by atoms with Crippen molar-refractivity contribution in [2.75, 3.05) is 74.0 Å². The van der Waals surface area contributed by atoms with Crippen molar-refractivity contribution in [3.8, 4) is 0 Å². The van der Waals surface area contributed by atoms with Gasteiger partial charge in [-0.25, -0.2) is 4.79 Å². The fourth-order valence-electron chi connectivity index (χ4n) is 11.7. The molecule has 24 nitrogen and oxygen atoms in total. The van der Waals surface area contributed by atoms with E-state index in [0.29, 0.717) is 31.6 Å². The van der Waals surface area contributed by atoms with Gasteiger partial charge in [-0.05, 0) is 118 Å². The summed E-state index contributed by atoms with van der Waals surface area (Å²) < 4.78 is 0. The molecule has 12 amide bonds. The van der Waals surface area contributed by atoms with Gasteiger partial charge in [0.15, 0.2) is 0 Å². The summed E-state index contributed by atoms with van der Waals surface area (Å²) in [6, 6.07) is -12.9. The van der Waals surface area contributed by atoms with Gasteiger partial charge in [-0.3, -0.25) is 53.3 Å². The van der Waals surface area contributed by atoms with Crippen molar-refractivity contribution in [1.82, 2.24) is 55.6 Å². The maximum atomic E-state index is 15.4. The summed E-state index contributed by atoms with van der Waals surface area (Å²) in [5.41, 5.74) is 5.78. The number of carbonyl (C=O) groups is 11. The maximum Gasteiger partial charge on any atom is 0.324 e. The maximum absolute atomic E-state index is 15.4. The van der Waals surface area contributed by atoms with Crippen LogP contribution in [0.5, 0.6) is 0 Å². The number of hydrogen-bond donors (Lipinski definition) is 6. The molecule has 0 saturated carbocycles. The molecule has 1 unspecified atom stereocenters. The van der Waals surface area contributed by atoms with Crippen molar-refractivity contribution in [2.24, 2.45) is 47.2 Å². The summed E-state index contributed by atoms with van der Waals surface area (Å²) in [5, 5.41) is 20.5. The number of rotatable bonds is 25. The first-order valence-corrected chi connectivity index (χ1v) is 35.0. The number of aliphatic hydroxyl groups is 1. The lowest BCUT2D eigenvalue weighted by atomic mass is 9.92. The van der Waals surface area contributed by atoms with E-state index in [1.807, 2.05) is 62.3 Å². The molecule has 7 N–H and O–H groups in total. The molecule has 530 valence electrons. The average Bonchev–Trinajstić information content (AvgIpc) is 0.840. The zero-order valence-corrected chi connectivity index (χ0v) is 61.2. The first-order valence-electron chi connectivity index (χ1n) is 33.8. The molecule has 25 heteroatoms. The second kappa shape index (κ2) is 41.3. The van der Waals surface area contributed by atoms with Crippen LogP contribution in [0.2, 0.25) is 0 Å². The Morgan fingerprint density at radius 2 is 0.870 bits per heavy atom. The van der Waals surface area contributed by atoms with Gasteiger partial charge < -0.3 is 61.1 Å². The second-order valence-corrected chi connectivity index (χ2v) is 29.3. The van der Waals surface area contributed by atoms with Crippen LogP contribution in [0.4, 0.5) is 4.79 Å². The van der Waals surface area contributed by atoms with Gasteiger partial charge in [-0.15, -0.1) is 0 Å². The van der Waals surface area contributed by atoms with Gasteiger partial charge in [-0.2, -0.15) is 11.8 Å². The highest BCUT2D eigenvalue weighted by molar-refractivity contribution is 7.99. The van der Waals surface area contributed by atoms with Crippen LogP contribution in [-0.2, 0) is 47.9 Å². The minimum atomic E-state index is -1.34. The highest BCUT2D eigenvalue weighted by Gasteiger charge is 2.45. The largest absolute Gasteiger partial charge is 0.396 e. The fourth-order valence-corrected chi connectivity index (χ4v) is 12.8. The van der Waals surface area contributed by atoms with Gasteiger partial charge in [-0.1, -0.05) is 123 Å². The van der Waals surface area contributed by atoms with Crippen LogP contribution in [0.25, 0.3) is 0 Å². The van der Waals surface area contributed by atoms with Crippen LogP contribution < -0.4 is 27.0 Å². The molecule has 92 heavy (non-hydrogen) atoms. The zero-order valence-electron chi connectivity index (χ0n) is 60.4. The van der Waals surface area contributed by atoms with Crippen molar-refractivity contribution < 1.29 is 57.8 Å². The molecule has 1 heterocycles. The van der Waals surface area contributed by atoms with Crippen molar-refractivity contribution in [3.05, 3.63) is 0 Å². The van der Waals surface area contributed by atoms with Crippen LogP contribution in [0.1, 0.15) is 187 Å². The fraction of sp³-hybridized carbons (Fsp3) is 0.836. The zero-order chi connectivity index (χ0) is 70.8. The highest BCUT2D eigenvalue weighted by Crippen LogP contribution is 2.27. The number of nitrogens with two attached hydrogens (primary N) is 1. The van der Waals surface area contributed by atoms with E-state index >= 15 is 24.0 Å². The normalized spacial score (nSPS) is 25.2. The predicted octanol–water partition coefficient (Wildman–Crippen LogP) is 5.32. The molecular weight excluding hydrogens is 1200 g/mol. The molecule has 11 atom stereocenters. The van der Waals surface area contributed by atoms with E-state index in [4.69, 9.17) is 5.73 Å². The lowest BCUT2D eigenvalue weighted by Gasteiger charge is -2.41. The molecule has 0 aliphatic carbocycles. The molecule has 1 aliphatic heterocycles. The van der Waals surface area contributed by atoms with Crippen molar-refractivity contribution in [1.29, 1.82) is 0 Å². The molecule has 1 rings (SSSR count). The Bertz CT molecular complexity index is 2390. The Kier molecular flexibility index (Phi) is 37.9. The van der Waals surface area contributed by atoms with Crippen molar-refractivity contribution >= 4 is 76.9 Å². The third-order valence-electron chi connectivity index (χ3n) is 17.5. The molecule has 0 aromatic carbocycles. The minimum absolute atomic E-state index is 0.0334. The monoisotopic (exact) mass is 1320 g/mol. The Balaban J connectivity index is 4.47. The Hall–Kier alpha value is -5.56. The Labute approximate surface area is 556 Å². The van der Waals surface area contributed by atoms with Crippen LogP contribution in [0.3, 0.4) is 0 Å². The number of hydrogen-bond acceptors (Lipinski definition) is 14. The number of carbonyl (C=O) groups excluding carboxylic acids is 11. The molecule has 0 spiro atoms. The number of unbranched alkanes of at least 4 members (excludes halogenated alkanes) is 4. The predicted molar refractivity (Wildman–Crippen MR) is 363 cm³/mol. The SMILES string of the molecule is CC[C@@H]1NC(=O)C(C[C@H](C)CCCCCCN)N(C)C(=O)[C@H](C(C)C)N(C)C(=O)[C@H](CC(C)C)N(C)C(=O)[C@@H](CC(C)C)N(C)C(=O)NC(=O)[C@@H](C)NC(=O)[C@@H](CC(C)C)N(C)C(=O)[C@@H](C(C)C)NC(=O)[C@H](CC(C)C)N(C)C(=O)[C@@H](CSCCCCO)N(C)C1=O. The van der Waals surface area contributed by atoms with E-state index in [1.165, 1.54) is 97.4 Å². The summed E-state index contributed by atoms with van der Waals surface area (Å²) in [7, 11) is 10.2. The number of urea groups is 1. The van der Waals surface area contributed by atoms with E-state index in [9.17, 15) is 33.9 Å². The minimum Gasteiger partial charge on any atom is -0.396 e. The smallest absolute Gasteiger partial charge is 0.324 e. The number of likely N-dealkylation sites (N-methyl/N-ethyl adjacent to an activating group) is 7. The summed E-state index contributed by atoms with van der Waals surface area (Å²) in [5.74, 6) is -7.66. The molecule has 1 saturated heterocycles. The van der Waals surface area contributed by atoms with Gasteiger partial charge in [0.1, 0.15) is 60.4 Å². The standard InChI is InChI=1S/C67H124N12O12S/c1-23-48-61(85)77(20)54(39-92-33-29-28-32-80)64(88)73(16)50(35-41(4)5)60(84)71-55(44(10)11)65(89)74(17)49(34-40(2)3)58(82)69-47(15)57(81)72-67(91)78(21)53(37-43(8)9)62(86)76(19)52(36-42(6)7)63(87)79(22)56(45(12)13)66(90)75(18)51(59(83)70-48)38-46(14)30-26-24-25-27-31-68/h40-56,80H,23-39,68H2,1-22H3,(H,69,82)(H,70,83)(H,71,84)(H,72,81,91)/t46-,47-,48+,49-,50+,51?,52+,53-,54-,55-,56+/m1/s1. The van der Waals surface area contributed by atoms with Crippen LogP contribution in [0, 0.1) is 41.4 Å². The number of aliphatic hydroxyl groups excluding tert-OH is 1.